The smallest absolute Gasteiger partial charge is 0.368 e. The Morgan fingerprint density at radius 2 is 1.91 bits per heavy atom. The molecule has 1 aromatic carbocycles. The van der Waals surface area contributed by atoms with Gasteiger partial charge in [-0.2, -0.15) is 13.2 Å². The van der Waals surface area contributed by atoms with E-state index in [1.807, 2.05) is 6.92 Å². The van der Waals surface area contributed by atoms with Gasteiger partial charge in [0.15, 0.2) is 0 Å². The number of alkyl halides is 3. The summed E-state index contributed by atoms with van der Waals surface area (Å²) in [5, 5.41) is 2.41. The Hall–Kier alpha value is -2.05. The van der Waals surface area contributed by atoms with E-state index in [0.717, 1.165) is 37.5 Å². The van der Waals surface area contributed by atoms with Gasteiger partial charge in [-0.15, -0.1) is 0 Å². The summed E-state index contributed by atoms with van der Waals surface area (Å²) in [6, 6.07) is 3.17. The van der Waals surface area contributed by atoms with Gasteiger partial charge in [-0.05, 0) is 24.6 Å². The molecule has 0 saturated carbocycles. The minimum atomic E-state index is -4.53. The Morgan fingerprint density at radius 1 is 1.22 bits per heavy atom. The molecule has 7 heteroatoms. The SMILES string of the molecule is CCCCCC[C@H](NC(=O)c1cccc(C(F)(F)F)c1)C(N)=O. The summed E-state index contributed by atoms with van der Waals surface area (Å²) in [6.07, 6.45) is -0.505. The third-order valence-electron chi connectivity index (χ3n) is 3.45. The first kappa shape index (κ1) is 19.0. The van der Waals surface area contributed by atoms with Crippen molar-refractivity contribution in [3.05, 3.63) is 35.4 Å². The predicted octanol–water partition coefficient (Wildman–Crippen LogP) is 3.26. The van der Waals surface area contributed by atoms with Crippen LogP contribution < -0.4 is 11.1 Å². The lowest BCUT2D eigenvalue weighted by Gasteiger charge is -2.16. The summed E-state index contributed by atoms with van der Waals surface area (Å²) in [6.45, 7) is 2.04. The van der Waals surface area contributed by atoms with Crippen LogP contribution in [-0.4, -0.2) is 17.9 Å². The van der Waals surface area contributed by atoms with E-state index in [-0.39, 0.29) is 5.56 Å². The topological polar surface area (TPSA) is 72.2 Å². The molecule has 0 unspecified atom stereocenters. The maximum absolute atomic E-state index is 12.7. The van der Waals surface area contributed by atoms with E-state index in [9.17, 15) is 22.8 Å². The van der Waals surface area contributed by atoms with Crippen LogP contribution in [0.3, 0.4) is 0 Å². The molecule has 0 aliphatic rings. The molecule has 0 spiro atoms. The monoisotopic (exact) mass is 330 g/mol. The second-order valence-corrected chi connectivity index (χ2v) is 5.36. The van der Waals surface area contributed by atoms with Crippen molar-refractivity contribution in [2.75, 3.05) is 0 Å². The van der Waals surface area contributed by atoms with E-state index in [0.29, 0.717) is 12.8 Å². The van der Waals surface area contributed by atoms with Gasteiger partial charge in [0, 0.05) is 5.56 Å². The first-order valence-electron chi connectivity index (χ1n) is 7.53. The van der Waals surface area contributed by atoms with Gasteiger partial charge in [0.05, 0.1) is 5.56 Å². The van der Waals surface area contributed by atoms with Crippen molar-refractivity contribution in [1.82, 2.24) is 5.32 Å². The quantitative estimate of drug-likeness (QED) is 0.718. The largest absolute Gasteiger partial charge is 0.416 e. The summed E-state index contributed by atoms with van der Waals surface area (Å²) in [7, 11) is 0. The Kier molecular flexibility index (Phi) is 7.06. The highest BCUT2D eigenvalue weighted by molar-refractivity contribution is 5.97. The molecule has 0 aliphatic heterocycles. The van der Waals surface area contributed by atoms with Crippen molar-refractivity contribution >= 4 is 11.8 Å². The highest BCUT2D eigenvalue weighted by atomic mass is 19.4. The second kappa shape index (κ2) is 8.55. The minimum absolute atomic E-state index is 0.153. The van der Waals surface area contributed by atoms with Crippen LogP contribution in [0.2, 0.25) is 0 Å². The normalized spacial score (nSPS) is 12.7. The van der Waals surface area contributed by atoms with Gasteiger partial charge in [0.1, 0.15) is 6.04 Å². The van der Waals surface area contributed by atoms with Crippen molar-refractivity contribution < 1.29 is 22.8 Å². The average molecular weight is 330 g/mol. The van der Waals surface area contributed by atoms with E-state index < -0.39 is 29.6 Å². The number of carbonyl (C=O) groups excluding carboxylic acids is 2. The summed E-state index contributed by atoms with van der Waals surface area (Å²) < 4.78 is 38.0. The molecule has 0 aliphatic carbocycles. The van der Waals surface area contributed by atoms with Gasteiger partial charge in [-0.1, -0.05) is 38.7 Å². The van der Waals surface area contributed by atoms with Crippen LogP contribution in [-0.2, 0) is 11.0 Å². The molecule has 1 rings (SSSR count). The number of hydrogen-bond donors (Lipinski definition) is 2. The first-order chi connectivity index (χ1) is 10.8. The van der Waals surface area contributed by atoms with Crippen molar-refractivity contribution in [1.29, 1.82) is 0 Å². The molecule has 0 bridgehead atoms. The van der Waals surface area contributed by atoms with Gasteiger partial charge in [-0.25, -0.2) is 0 Å². The van der Waals surface area contributed by atoms with Crippen LogP contribution in [0.1, 0.15) is 54.9 Å². The third kappa shape index (κ3) is 6.30. The molecular weight excluding hydrogens is 309 g/mol. The van der Waals surface area contributed by atoms with Crippen molar-refractivity contribution in [3.8, 4) is 0 Å². The zero-order chi connectivity index (χ0) is 17.5. The maximum atomic E-state index is 12.7. The van der Waals surface area contributed by atoms with Gasteiger partial charge in [0.25, 0.3) is 5.91 Å². The number of unbranched alkanes of at least 4 members (excludes halogenated alkanes) is 3. The van der Waals surface area contributed by atoms with Crippen LogP contribution >= 0.6 is 0 Å². The molecule has 1 atom stereocenters. The number of rotatable bonds is 8. The number of amides is 2. The molecule has 2 amide bonds. The highest BCUT2D eigenvalue weighted by Crippen LogP contribution is 2.29. The van der Waals surface area contributed by atoms with Gasteiger partial charge >= 0.3 is 6.18 Å². The molecule has 0 radical (unpaired) electrons. The van der Waals surface area contributed by atoms with E-state index in [1.54, 1.807) is 0 Å². The Bertz CT molecular complexity index is 544. The standard InChI is InChI=1S/C16H21F3N2O2/c1-2-3-4-5-9-13(14(20)22)21-15(23)11-7-6-8-12(10-11)16(17,18)19/h6-8,10,13H,2-5,9H2,1H3,(H2,20,22)(H,21,23)/t13-/m0/s1. The molecule has 0 fully saturated rings. The number of hydrogen-bond acceptors (Lipinski definition) is 2. The first-order valence-corrected chi connectivity index (χ1v) is 7.53. The van der Waals surface area contributed by atoms with Crippen LogP contribution in [0.4, 0.5) is 13.2 Å². The fraction of sp³-hybridized carbons (Fsp3) is 0.500. The molecule has 128 valence electrons. The Labute approximate surface area is 133 Å². The number of halogens is 3. The molecule has 4 nitrogen and oxygen atoms in total. The van der Waals surface area contributed by atoms with Gasteiger partial charge < -0.3 is 11.1 Å². The fourth-order valence-corrected chi connectivity index (χ4v) is 2.14. The molecule has 1 aromatic rings. The van der Waals surface area contributed by atoms with Gasteiger partial charge in [-0.3, -0.25) is 9.59 Å². The lowest BCUT2D eigenvalue weighted by Crippen LogP contribution is -2.44. The lowest BCUT2D eigenvalue weighted by molar-refractivity contribution is -0.137. The molecule has 23 heavy (non-hydrogen) atoms. The zero-order valence-corrected chi connectivity index (χ0v) is 13.0. The summed E-state index contributed by atoms with van der Waals surface area (Å²) in [4.78, 5) is 23.4. The number of nitrogens with two attached hydrogens (primary N) is 1. The number of carbonyl (C=O) groups is 2. The third-order valence-corrected chi connectivity index (χ3v) is 3.45. The van der Waals surface area contributed by atoms with E-state index in [1.165, 1.54) is 6.07 Å². The number of primary amides is 1. The van der Waals surface area contributed by atoms with E-state index in [4.69, 9.17) is 5.73 Å². The van der Waals surface area contributed by atoms with Crippen molar-refractivity contribution in [2.24, 2.45) is 5.73 Å². The number of benzene rings is 1. The molecule has 0 heterocycles. The maximum Gasteiger partial charge on any atom is 0.416 e. The average Bonchev–Trinajstić information content (AvgIpc) is 2.49. The van der Waals surface area contributed by atoms with Crippen molar-refractivity contribution in [3.63, 3.8) is 0 Å². The minimum Gasteiger partial charge on any atom is -0.368 e. The van der Waals surface area contributed by atoms with Gasteiger partial charge in [0.2, 0.25) is 5.91 Å². The number of nitrogens with one attached hydrogen (secondary N) is 1. The fourth-order valence-electron chi connectivity index (χ4n) is 2.14. The summed E-state index contributed by atoms with van der Waals surface area (Å²) in [5.74, 6) is -1.43. The van der Waals surface area contributed by atoms with Crippen LogP contribution in [0.25, 0.3) is 0 Å². The predicted molar refractivity (Wildman–Crippen MR) is 80.7 cm³/mol. The second-order valence-electron chi connectivity index (χ2n) is 5.36. The zero-order valence-electron chi connectivity index (χ0n) is 13.0. The van der Waals surface area contributed by atoms with E-state index in [2.05, 4.69) is 5.32 Å². The van der Waals surface area contributed by atoms with Crippen LogP contribution in [0, 0.1) is 0 Å². The Morgan fingerprint density at radius 3 is 2.48 bits per heavy atom. The molecule has 3 N–H and O–H groups in total. The Balaban J connectivity index is 2.73. The highest BCUT2D eigenvalue weighted by Gasteiger charge is 2.31. The summed E-state index contributed by atoms with van der Waals surface area (Å²) in [5.41, 5.74) is 4.18. The molecule has 0 saturated heterocycles. The molecular formula is C16H21F3N2O2. The van der Waals surface area contributed by atoms with E-state index >= 15 is 0 Å². The molecule has 0 aromatic heterocycles. The van der Waals surface area contributed by atoms with Crippen molar-refractivity contribution in [2.45, 2.75) is 51.2 Å². The summed E-state index contributed by atoms with van der Waals surface area (Å²) >= 11 is 0. The van der Waals surface area contributed by atoms with Crippen LogP contribution in [0.15, 0.2) is 24.3 Å². The lowest BCUT2D eigenvalue weighted by atomic mass is 10.1. The van der Waals surface area contributed by atoms with Crippen LogP contribution in [0.5, 0.6) is 0 Å².